The van der Waals surface area contributed by atoms with E-state index in [9.17, 15) is 14.4 Å². The number of rotatable bonds is 16. The zero-order valence-corrected chi connectivity index (χ0v) is 32.5. The lowest BCUT2D eigenvalue weighted by Gasteiger charge is -2.20. The fraction of sp³-hybridized carbons (Fsp3) is 0.333. The molecule has 55 heavy (non-hydrogen) atoms. The summed E-state index contributed by atoms with van der Waals surface area (Å²) in [5.41, 5.74) is 5.95. The average molecular weight is 744 g/mol. The van der Waals surface area contributed by atoms with Crippen molar-refractivity contribution in [3.8, 4) is 28.3 Å². The number of ether oxygens (including phenoxy) is 1. The fourth-order valence-electron chi connectivity index (χ4n) is 5.60. The minimum absolute atomic E-state index is 0.0672. The molecule has 0 aliphatic heterocycles. The van der Waals surface area contributed by atoms with Gasteiger partial charge in [-0.25, -0.2) is 9.97 Å². The molecule has 0 fully saturated rings. The monoisotopic (exact) mass is 743 g/mol. The highest BCUT2D eigenvalue weighted by Gasteiger charge is 2.23. The van der Waals surface area contributed by atoms with Crippen LogP contribution in [0.2, 0.25) is 0 Å². The first kappa shape index (κ1) is 41.9. The zero-order chi connectivity index (χ0) is 39.6. The minimum Gasteiger partial charge on any atom is -0.494 e. The molecule has 5 rings (SSSR count). The maximum absolute atomic E-state index is 13.1. The molecule has 1 unspecified atom stereocenters. The number of carbonyl (C=O) groups excluding carboxylic acids is 2. The van der Waals surface area contributed by atoms with E-state index in [1.807, 2.05) is 85.8 Å². The number of aryl methyl sites for hydroxylation is 1. The number of unbranched alkanes of at least 4 members (excludes halogenated alkanes) is 4. The molecule has 0 saturated heterocycles. The summed E-state index contributed by atoms with van der Waals surface area (Å²) in [5.74, 6) is -0.770. The van der Waals surface area contributed by atoms with E-state index in [4.69, 9.17) is 9.84 Å². The molecule has 0 aliphatic carbocycles. The van der Waals surface area contributed by atoms with Crippen molar-refractivity contribution in [2.45, 2.75) is 84.6 Å². The van der Waals surface area contributed by atoms with Crippen LogP contribution >= 0.6 is 0 Å². The van der Waals surface area contributed by atoms with Crippen LogP contribution in [0.5, 0.6) is 5.75 Å². The predicted octanol–water partition coefficient (Wildman–Crippen LogP) is 8.39. The number of hydrogen-bond donors (Lipinski definition) is 3. The van der Waals surface area contributed by atoms with Gasteiger partial charge in [-0.15, -0.1) is 0 Å². The van der Waals surface area contributed by atoms with Crippen molar-refractivity contribution >= 4 is 17.8 Å². The Morgan fingerprint density at radius 1 is 0.764 bits per heavy atom. The van der Waals surface area contributed by atoms with Crippen molar-refractivity contribution in [2.24, 2.45) is 0 Å². The van der Waals surface area contributed by atoms with Gasteiger partial charge in [0.1, 0.15) is 18.3 Å². The molecule has 10 nitrogen and oxygen atoms in total. The SMILES string of the molecule is CCCCCCCOc1ccc(-c2cnc(-c3ccc(CC(NC(=O)c4ccc(C(C)(C)C)cc4)C(=O)NCC(=O)O)cc3)nc2)cc1.Cc1ccccn1. The van der Waals surface area contributed by atoms with E-state index in [0.717, 1.165) is 52.3 Å². The molecule has 2 aromatic heterocycles. The third-order valence-corrected chi connectivity index (χ3v) is 8.87. The van der Waals surface area contributed by atoms with Crippen molar-refractivity contribution in [1.82, 2.24) is 25.6 Å². The number of hydrogen-bond acceptors (Lipinski definition) is 7. The molecule has 2 heterocycles. The summed E-state index contributed by atoms with van der Waals surface area (Å²) in [4.78, 5) is 50.2. The van der Waals surface area contributed by atoms with Gasteiger partial charge in [0.25, 0.3) is 5.91 Å². The van der Waals surface area contributed by atoms with Gasteiger partial charge in [0.2, 0.25) is 5.91 Å². The smallest absolute Gasteiger partial charge is 0.322 e. The van der Waals surface area contributed by atoms with Gasteiger partial charge in [-0.1, -0.05) is 108 Å². The highest BCUT2D eigenvalue weighted by Crippen LogP contribution is 2.24. The first-order valence-electron chi connectivity index (χ1n) is 18.9. The molecular weight excluding hydrogens is 691 g/mol. The maximum atomic E-state index is 13.1. The van der Waals surface area contributed by atoms with Crippen LogP contribution in [0.4, 0.5) is 0 Å². The summed E-state index contributed by atoms with van der Waals surface area (Å²) in [6.45, 7) is 10.6. The van der Waals surface area contributed by atoms with Gasteiger partial charge >= 0.3 is 5.97 Å². The number of amides is 2. The molecule has 1 atom stereocenters. The number of aromatic nitrogens is 3. The van der Waals surface area contributed by atoms with Gasteiger partial charge in [-0.3, -0.25) is 19.4 Å². The molecule has 0 spiro atoms. The molecule has 3 aromatic carbocycles. The molecule has 10 heteroatoms. The van der Waals surface area contributed by atoms with E-state index >= 15 is 0 Å². The normalized spacial score (nSPS) is 11.4. The summed E-state index contributed by atoms with van der Waals surface area (Å²) >= 11 is 0. The Kier molecular flexibility index (Phi) is 16.1. The lowest BCUT2D eigenvalue weighted by atomic mass is 9.86. The molecule has 5 aromatic rings. The lowest BCUT2D eigenvalue weighted by molar-refractivity contribution is -0.138. The quantitative estimate of drug-likeness (QED) is 0.0856. The number of benzene rings is 3. The van der Waals surface area contributed by atoms with Gasteiger partial charge in [-0.2, -0.15) is 0 Å². The van der Waals surface area contributed by atoms with Gasteiger partial charge in [0, 0.05) is 47.4 Å². The Morgan fingerprint density at radius 3 is 1.98 bits per heavy atom. The molecule has 0 aliphatic rings. The van der Waals surface area contributed by atoms with Crippen LogP contribution in [-0.4, -0.2) is 57.0 Å². The molecule has 0 saturated carbocycles. The van der Waals surface area contributed by atoms with Gasteiger partial charge in [0.05, 0.1) is 6.61 Å². The Bertz CT molecular complexity index is 1920. The predicted molar refractivity (Wildman–Crippen MR) is 217 cm³/mol. The molecule has 0 radical (unpaired) electrons. The standard InChI is InChI=1S/C39H46N4O5.C6H7N/c1-5-6-7-8-9-22-48-33-20-16-28(17-21-33)31-24-40-36(41-25-31)29-12-10-27(11-13-29)23-34(38(47)42-26-35(44)45)43-37(46)30-14-18-32(19-15-30)39(2,3)4;1-6-4-2-3-5-7-6/h10-21,24-25,34H,5-9,22-23,26H2,1-4H3,(H,42,47)(H,43,46)(H,44,45);2-5H,1H3. The number of pyridine rings is 1. The first-order valence-corrected chi connectivity index (χ1v) is 18.9. The molecular formula is C45H53N5O5. The second-order valence-corrected chi connectivity index (χ2v) is 14.4. The summed E-state index contributed by atoms with van der Waals surface area (Å²) in [6.07, 6.45) is 11.5. The summed E-state index contributed by atoms with van der Waals surface area (Å²) in [7, 11) is 0. The van der Waals surface area contributed by atoms with E-state index in [-0.39, 0.29) is 11.8 Å². The first-order chi connectivity index (χ1) is 26.4. The Labute approximate surface area is 324 Å². The number of nitrogens with zero attached hydrogens (tertiary/aromatic N) is 3. The van der Waals surface area contributed by atoms with Crippen molar-refractivity contribution in [1.29, 1.82) is 0 Å². The zero-order valence-electron chi connectivity index (χ0n) is 32.5. The third kappa shape index (κ3) is 14.1. The van der Waals surface area contributed by atoms with E-state index < -0.39 is 30.4 Å². The third-order valence-electron chi connectivity index (χ3n) is 8.87. The number of aliphatic carboxylic acids is 1. The van der Waals surface area contributed by atoms with Crippen LogP contribution < -0.4 is 15.4 Å². The minimum atomic E-state index is -1.17. The van der Waals surface area contributed by atoms with Gasteiger partial charge in [-0.05, 0) is 71.8 Å². The summed E-state index contributed by atoms with van der Waals surface area (Å²) in [6, 6.07) is 27.5. The van der Waals surface area contributed by atoms with Crippen LogP contribution in [0, 0.1) is 6.92 Å². The lowest BCUT2D eigenvalue weighted by Crippen LogP contribution is -2.49. The molecule has 288 valence electrons. The van der Waals surface area contributed by atoms with Crippen molar-refractivity contribution in [2.75, 3.05) is 13.2 Å². The molecule has 0 bridgehead atoms. The van der Waals surface area contributed by atoms with Crippen LogP contribution in [0.3, 0.4) is 0 Å². The maximum Gasteiger partial charge on any atom is 0.322 e. The van der Waals surface area contributed by atoms with E-state index in [1.54, 1.807) is 30.7 Å². The van der Waals surface area contributed by atoms with Crippen LogP contribution in [0.25, 0.3) is 22.5 Å². The number of carboxylic acid groups (broad SMARTS) is 1. The Morgan fingerprint density at radius 2 is 1.42 bits per heavy atom. The van der Waals surface area contributed by atoms with Crippen LogP contribution in [0.1, 0.15) is 87.0 Å². The topological polar surface area (TPSA) is 143 Å². The van der Waals surface area contributed by atoms with E-state index in [2.05, 4.69) is 53.3 Å². The highest BCUT2D eigenvalue weighted by molar-refractivity contribution is 5.98. The van der Waals surface area contributed by atoms with Gasteiger partial charge < -0.3 is 20.5 Å². The number of carboxylic acids is 1. The number of nitrogens with one attached hydrogen (secondary N) is 2. The van der Waals surface area contributed by atoms with Gasteiger partial charge in [0.15, 0.2) is 5.82 Å². The van der Waals surface area contributed by atoms with E-state index in [0.29, 0.717) is 11.4 Å². The Balaban J connectivity index is 0.000000862. The van der Waals surface area contributed by atoms with E-state index in [1.165, 1.54) is 25.7 Å². The largest absolute Gasteiger partial charge is 0.494 e. The molecule has 2 amide bonds. The average Bonchev–Trinajstić information content (AvgIpc) is 3.19. The second kappa shape index (κ2) is 21.1. The second-order valence-electron chi connectivity index (χ2n) is 14.4. The summed E-state index contributed by atoms with van der Waals surface area (Å²) < 4.78 is 5.88. The fourth-order valence-corrected chi connectivity index (χ4v) is 5.60. The van der Waals surface area contributed by atoms with Crippen molar-refractivity contribution in [3.05, 3.63) is 132 Å². The van der Waals surface area contributed by atoms with Crippen molar-refractivity contribution in [3.63, 3.8) is 0 Å². The molecule has 3 N–H and O–H groups in total. The van der Waals surface area contributed by atoms with Crippen LogP contribution in [-0.2, 0) is 21.4 Å². The number of carbonyl (C=O) groups is 3. The summed E-state index contributed by atoms with van der Waals surface area (Å²) in [5, 5.41) is 14.2. The van der Waals surface area contributed by atoms with Crippen molar-refractivity contribution < 1.29 is 24.2 Å². The van der Waals surface area contributed by atoms with Crippen LogP contribution in [0.15, 0.2) is 110 Å². The Hall–Kier alpha value is -5.90. The highest BCUT2D eigenvalue weighted by atomic mass is 16.5.